The van der Waals surface area contributed by atoms with Gasteiger partial charge in [0.05, 0.1) is 14.7 Å². The largest absolute Gasteiger partial charge is 0.337 e. The summed E-state index contributed by atoms with van der Waals surface area (Å²) < 4.78 is 0.989. The number of carbonyl (C=O) groups excluding carboxylic acids is 1. The molecule has 1 aromatic heterocycles. The fourth-order valence-corrected chi connectivity index (χ4v) is 3.23. The van der Waals surface area contributed by atoms with Crippen LogP contribution in [-0.2, 0) is 0 Å². The molecule has 1 amide bonds. The minimum absolute atomic E-state index is 0.0831. The Morgan fingerprint density at radius 3 is 3.00 bits per heavy atom. The van der Waals surface area contributed by atoms with Crippen molar-refractivity contribution in [3.63, 3.8) is 0 Å². The Kier molecular flexibility index (Phi) is 3.93. The first-order valence-corrected chi connectivity index (χ1v) is 7.36. The van der Waals surface area contributed by atoms with Crippen molar-refractivity contribution in [2.75, 3.05) is 13.1 Å². The van der Waals surface area contributed by atoms with Crippen LogP contribution < -0.4 is 0 Å². The molecule has 1 aliphatic rings. The second-order valence-electron chi connectivity index (χ2n) is 4.17. The zero-order valence-electron chi connectivity index (χ0n) is 8.95. The number of likely N-dealkylation sites (tertiary alicyclic amines) is 1. The van der Waals surface area contributed by atoms with E-state index in [0.717, 1.165) is 22.3 Å². The standard InChI is InChI=1S/C11H13BrClNOS/c1-7-2-3-14(5-9(7)13)11(15)8-4-10(12)16-6-8/h4,6-7,9H,2-3,5H2,1H3. The third-order valence-corrected chi connectivity index (χ3v) is 5.04. The van der Waals surface area contributed by atoms with Gasteiger partial charge in [0.15, 0.2) is 0 Å². The number of hydrogen-bond acceptors (Lipinski definition) is 2. The van der Waals surface area contributed by atoms with Gasteiger partial charge in [0, 0.05) is 18.5 Å². The highest BCUT2D eigenvalue weighted by Crippen LogP contribution is 2.26. The van der Waals surface area contributed by atoms with Crippen molar-refractivity contribution in [2.45, 2.75) is 18.7 Å². The molecule has 0 radical (unpaired) electrons. The van der Waals surface area contributed by atoms with Crippen LogP contribution in [0, 0.1) is 5.92 Å². The second kappa shape index (κ2) is 5.07. The lowest BCUT2D eigenvalue weighted by Gasteiger charge is -2.33. The van der Waals surface area contributed by atoms with E-state index in [4.69, 9.17) is 11.6 Å². The summed E-state index contributed by atoms with van der Waals surface area (Å²) in [5.74, 6) is 0.597. The molecular weight excluding hydrogens is 310 g/mol. The Bertz CT molecular complexity index is 395. The number of amides is 1. The second-order valence-corrected chi connectivity index (χ2v) is 7.02. The molecule has 0 aliphatic carbocycles. The lowest BCUT2D eigenvalue weighted by molar-refractivity contribution is 0.0702. The van der Waals surface area contributed by atoms with Crippen molar-refractivity contribution >= 4 is 44.8 Å². The number of rotatable bonds is 1. The van der Waals surface area contributed by atoms with Gasteiger partial charge in [0.2, 0.25) is 0 Å². The minimum atomic E-state index is 0.0831. The van der Waals surface area contributed by atoms with E-state index in [1.807, 2.05) is 16.3 Å². The van der Waals surface area contributed by atoms with Gasteiger partial charge in [-0.3, -0.25) is 4.79 Å². The minimum Gasteiger partial charge on any atom is -0.337 e. The lowest BCUT2D eigenvalue weighted by atomic mass is 9.98. The van der Waals surface area contributed by atoms with Gasteiger partial charge in [-0.1, -0.05) is 6.92 Å². The summed E-state index contributed by atoms with van der Waals surface area (Å²) in [5.41, 5.74) is 0.760. The molecule has 2 unspecified atom stereocenters. The van der Waals surface area contributed by atoms with E-state index in [-0.39, 0.29) is 11.3 Å². The van der Waals surface area contributed by atoms with E-state index in [2.05, 4.69) is 22.9 Å². The zero-order chi connectivity index (χ0) is 11.7. The molecule has 0 saturated carbocycles. The maximum Gasteiger partial charge on any atom is 0.254 e. The molecule has 0 bridgehead atoms. The van der Waals surface area contributed by atoms with Crippen LogP contribution in [0.25, 0.3) is 0 Å². The van der Waals surface area contributed by atoms with Gasteiger partial charge in [0.25, 0.3) is 5.91 Å². The van der Waals surface area contributed by atoms with Crippen LogP contribution >= 0.6 is 38.9 Å². The monoisotopic (exact) mass is 321 g/mol. The lowest BCUT2D eigenvalue weighted by Crippen LogP contribution is -2.43. The van der Waals surface area contributed by atoms with Crippen LogP contribution in [0.5, 0.6) is 0 Å². The summed E-state index contributed by atoms with van der Waals surface area (Å²) >= 11 is 11.1. The highest BCUT2D eigenvalue weighted by molar-refractivity contribution is 9.11. The van der Waals surface area contributed by atoms with Gasteiger partial charge < -0.3 is 4.90 Å². The Balaban J connectivity index is 2.06. The van der Waals surface area contributed by atoms with Crippen LogP contribution in [0.3, 0.4) is 0 Å². The first kappa shape index (κ1) is 12.4. The molecule has 88 valence electrons. The van der Waals surface area contributed by atoms with E-state index < -0.39 is 0 Å². The number of piperidine rings is 1. The molecule has 1 fully saturated rings. The average molecular weight is 323 g/mol. The average Bonchev–Trinajstić information content (AvgIpc) is 2.68. The summed E-state index contributed by atoms with van der Waals surface area (Å²) in [6.45, 7) is 3.62. The predicted octanol–water partition coefficient (Wildman–Crippen LogP) is 3.60. The van der Waals surface area contributed by atoms with Gasteiger partial charge in [-0.2, -0.15) is 0 Å². The summed E-state index contributed by atoms with van der Waals surface area (Å²) in [4.78, 5) is 14.0. The van der Waals surface area contributed by atoms with Gasteiger partial charge >= 0.3 is 0 Å². The molecule has 1 aromatic rings. The zero-order valence-corrected chi connectivity index (χ0v) is 12.1. The molecule has 0 aromatic carbocycles. The quantitative estimate of drug-likeness (QED) is 0.723. The fourth-order valence-electron chi connectivity index (χ4n) is 1.81. The molecule has 0 spiro atoms. The predicted molar refractivity (Wildman–Crippen MR) is 71.3 cm³/mol. The Labute approximate surface area is 113 Å². The molecular formula is C11H13BrClNOS. The molecule has 1 saturated heterocycles. The van der Waals surface area contributed by atoms with E-state index in [1.165, 1.54) is 11.3 Å². The molecule has 2 nitrogen and oxygen atoms in total. The molecule has 1 aliphatic heterocycles. The maximum atomic E-state index is 12.1. The van der Waals surface area contributed by atoms with Crippen LogP contribution in [0.15, 0.2) is 15.2 Å². The number of nitrogens with zero attached hydrogens (tertiary/aromatic N) is 1. The van der Waals surface area contributed by atoms with Crippen molar-refractivity contribution < 1.29 is 4.79 Å². The summed E-state index contributed by atoms with van der Waals surface area (Å²) in [6, 6.07) is 1.87. The molecule has 16 heavy (non-hydrogen) atoms. The van der Waals surface area contributed by atoms with Gasteiger partial charge in [-0.25, -0.2) is 0 Å². The highest BCUT2D eigenvalue weighted by atomic mass is 79.9. The van der Waals surface area contributed by atoms with E-state index >= 15 is 0 Å². The Hall–Kier alpha value is -0.0600. The van der Waals surface area contributed by atoms with Crippen LogP contribution in [0.2, 0.25) is 0 Å². The van der Waals surface area contributed by atoms with Crippen molar-refractivity contribution in [3.8, 4) is 0 Å². The van der Waals surface area contributed by atoms with Crippen molar-refractivity contribution in [3.05, 3.63) is 20.8 Å². The van der Waals surface area contributed by atoms with E-state index in [0.29, 0.717) is 12.5 Å². The topological polar surface area (TPSA) is 20.3 Å². The van der Waals surface area contributed by atoms with Gasteiger partial charge in [0.1, 0.15) is 0 Å². The maximum absolute atomic E-state index is 12.1. The Morgan fingerprint density at radius 1 is 1.69 bits per heavy atom. The number of alkyl halides is 1. The van der Waals surface area contributed by atoms with E-state index in [1.54, 1.807) is 0 Å². The van der Waals surface area contributed by atoms with E-state index in [9.17, 15) is 4.79 Å². The first-order chi connectivity index (χ1) is 7.58. The van der Waals surface area contributed by atoms with Crippen LogP contribution in [-0.4, -0.2) is 29.3 Å². The van der Waals surface area contributed by atoms with Crippen LogP contribution in [0.4, 0.5) is 0 Å². The smallest absolute Gasteiger partial charge is 0.254 e. The summed E-state index contributed by atoms with van der Waals surface area (Å²) in [6.07, 6.45) is 0.991. The normalized spacial score (nSPS) is 25.8. The van der Waals surface area contributed by atoms with Gasteiger partial charge in [-0.05, 0) is 34.3 Å². The van der Waals surface area contributed by atoms with Crippen molar-refractivity contribution in [2.24, 2.45) is 5.92 Å². The molecule has 5 heteroatoms. The molecule has 2 atom stereocenters. The number of thiophene rings is 1. The number of hydrogen-bond donors (Lipinski definition) is 0. The molecule has 2 heterocycles. The molecule has 0 N–H and O–H groups in total. The first-order valence-electron chi connectivity index (χ1n) is 5.25. The molecule has 2 rings (SSSR count). The fraction of sp³-hybridized carbons (Fsp3) is 0.545. The number of halogens is 2. The SMILES string of the molecule is CC1CCN(C(=O)c2csc(Br)c2)CC1Cl. The number of carbonyl (C=O) groups is 1. The van der Waals surface area contributed by atoms with Crippen LogP contribution in [0.1, 0.15) is 23.7 Å². The van der Waals surface area contributed by atoms with Crippen molar-refractivity contribution in [1.82, 2.24) is 4.90 Å². The third-order valence-electron chi connectivity index (χ3n) is 2.97. The van der Waals surface area contributed by atoms with Crippen molar-refractivity contribution in [1.29, 1.82) is 0 Å². The van der Waals surface area contributed by atoms with Gasteiger partial charge in [-0.15, -0.1) is 22.9 Å². The summed E-state index contributed by atoms with van der Waals surface area (Å²) in [5, 5.41) is 1.97. The highest BCUT2D eigenvalue weighted by Gasteiger charge is 2.28. The third kappa shape index (κ3) is 2.60. The summed E-state index contributed by atoms with van der Waals surface area (Å²) in [7, 11) is 0. The Morgan fingerprint density at radius 2 is 2.44 bits per heavy atom.